The van der Waals surface area contributed by atoms with E-state index in [1.165, 1.54) is 0 Å². The van der Waals surface area contributed by atoms with E-state index < -0.39 is 0 Å². The van der Waals surface area contributed by atoms with Crippen LogP contribution in [0.4, 0.5) is 0 Å². The second-order valence-electron chi connectivity index (χ2n) is 4.67. The Kier molecular flexibility index (Phi) is 4.80. The molecule has 0 saturated carbocycles. The number of nitrogens with one attached hydrogen (secondary N) is 1. The van der Waals surface area contributed by atoms with Crippen molar-refractivity contribution in [1.82, 2.24) is 5.32 Å². The van der Waals surface area contributed by atoms with E-state index >= 15 is 0 Å². The highest BCUT2D eigenvalue weighted by molar-refractivity contribution is 7.17. The van der Waals surface area contributed by atoms with Crippen molar-refractivity contribution in [2.24, 2.45) is 5.92 Å². The summed E-state index contributed by atoms with van der Waals surface area (Å²) < 4.78 is 1.14. The lowest BCUT2D eigenvalue weighted by Crippen LogP contribution is -2.30. The fourth-order valence-corrected chi connectivity index (χ4v) is 2.89. The van der Waals surface area contributed by atoms with Gasteiger partial charge in [0.15, 0.2) is 0 Å². The summed E-state index contributed by atoms with van der Waals surface area (Å²) in [6, 6.07) is 5.72. The Bertz CT molecular complexity index is 582. The quantitative estimate of drug-likeness (QED) is 0.891. The Hall–Kier alpha value is -1.10. The molecule has 2 aromatic rings. The summed E-state index contributed by atoms with van der Waals surface area (Å²) in [5.41, 5.74) is 0.997. The van der Waals surface area contributed by atoms with Crippen molar-refractivity contribution in [1.29, 1.82) is 0 Å². The van der Waals surface area contributed by atoms with E-state index in [1.54, 1.807) is 11.3 Å². The van der Waals surface area contributed by atoms with E-state index in [9.17, 15) is 4.79 Å². The van der Waals surface area contributed by atoms with E-state index in [0.29, 0.717) is 18.0 Å². The van der Waals surface area contributed by atoms with Gasteiger partial charge in [0.1, 0.15) is 0 Å². The lowest BCUT2D eigenvalue weighted by molar-refractivity contribution is -0.120. The monoisotopic (exact) mass is 297 g/mol. The number of hydrogen-bond acceptors (Lipinski definition) is 3. The van der Waals surface area contributed by atoms with Gasteiger partial charge < -0.3 is 10.4 Å². The van der Waals surface area contributed by atoms with E-state index in [0.717, 1.165) is 15.6 Å². The van der Waals surface area contributed by atoms with Crippen LogP contribution < -0.4 is 5.32 Å². The largest absolute Gasteiger partial charge is 0.396 e. The van der Waals surface area contributed by atoms with E-state index in [4.69, 9.17) is 16.7 Å². The first-order valence-corrected chi connectivity index (χ1v) is 7.39. The lowest BCUT2D eigenvalue weighted by atomic mass is 10.1. The van der Waals surface area contributed by atoms with Crippen molar-refractivity contribution in [3.05, 3.63) is 34.2 Å². The maximum absolute atomic E-state index is 11.8. The predicted octanol–water partition coefficient (Wildman–Crippen LogP) is 2.84. The SMILES string of the molecule is C[C@@H](CO)CNC(=O)Cc1csc2ccc(Cl)cc12. The summed E-state index contributed by atoms with van der Waals surface area (Å²) >= 11 is 7.60. The van der Waals surface area contributed by atoms with Crippen LogP contribution in [0, 0.1) is 5.92 Å². The molecule has 0 aliphatic heterocycles. The van der Waals surface area contributed by atoms with Crippen molar-refractivity contribution in [2.45, 2.75) is 13.3 Å². The van der Waals surface area contributed by atoms with E-state index in [2.05, 4.69) is 5.32 Å². The predicted molar refractivity (Wildman–Crippen MR) is 79.8 cm³/mol. The topological polar surface area (TPSA) is 49.3 Å². The number of thiophene rings is 1. The Balaban J connectivity index is 2.05. The number of aliphatic hydroxyl groups excluding tert-OH is 1. The smallest absolute Gasteiger partial charge is 0.224 e. The maximum Gasteiger partial charge on any atom is 0.224 e. The van der Waals surface area contributed by atoms with Crippen LogP contribution in [0.3, 0.4) is 0 Å². The molecule has 0 saturated heterocycles. The molecule has 0 fully saturated rings. The van der Waals surface area contributed by atoms with Crippen LogP contribution in [0.25, 0.3) is 10.1 Å². The highest BCUT2D eigenvalue weighted by Crippen LogP contribution is 2.28. The van der Waals surface area contributed by atoms with Gasteiger partial charge in [0.2, 0.25) is 5.91 Å². The standard InChI is InChI=1S/C14H16ClNO2S/c1-9(7-17)6-16-14(18)4-10-8-19-13-3-2-11(15)5-12(10)13/h2-3,5,8-9,17H,4,6-7H2,1H3,(H,16,18)/t9-/m1/s1. The van der Waals surface area contributed by atoms with Crippen molar-refractivity contribution < 1.29 is 9.90 Å². The molecule has 3 nitrogen and oxygen atoms in total. The molecule has 0 bridgehead atoms. The average molecular weight is 298 g/mol. The molecule has 2 rings (SSSR count). The van der Waals surface area contributed by atoms with Gasteiger partial charge in [-0.1, -0.05) is 18.5 Å². The minimum absolute atomic E-state index is 0.0278. The lowest BCUT2D eigenvalue weighted by Gasteiger charge is -2.09. The Morgan fingerprint density at radius 1 is 1.53 bits per heavy atom. The molecular formula is C14H16ClNO2S. The highest BCUT2D eigenvalue weighted by atomic mass is 35.5. The van der Waals surface area contributed by atoms with Gasteiger partial charge in [0.05, 0.1) is 6.42 Å². The molecule has 1 aromatic heterocycles. The highest BCUT2D eigenvalue weighted by Gasteiger charge is 2.10. The van der Waals surface area contributed by atoms with Crippen LogP contribution in [0.1, 0.15) is 12.5 Å². The number of carbonyl (C=O) groups excluding carboxylic acids is 1. The van der Waals surface area contributed by atoms with Crippen LogP contribution in [0.2, 0.25) is 5.02 Å². The van der Waals surface area contributed by atoms with Crippen LogP contribution in [-0.4, -0.2) is 24.2 Å². The van der Waals surface area contributed by atoms with Crippen molar-refractivity contribution >= 4 is 38.9 Å². The maximum atomic E-state index is 11.8. The van der Waals surface area contributed by atoms with Gasteiger partial charge in [-0.15, -0.1) is 11.3 Å². The molecule has 0 radical (unpaired) electrons. The minimum Gasteiger partial charge on any atom is -0.396 e. The van der Waals surface area contributed by atoms with Crippen LogP contribution >= 0.6 is 22.9 Å². The van der Waals surface area contributed by atoms with Crippen LogP contribution in [-0.2, 0) is 11.2 Å². The molecule has 0 aliphatic carbocycles. The van der Waals surface area contributed by atoms with Gasteiger partial charge in [-0.05, 0) is 40.4 Å². The van der Waals surface area contributed by atoms with Gasteiger partial charge in [-0.3, -0.25) is 4.79 Å². The average Bonchev–Trinajstić information content (AvgIpc) is 2.78. The number of rotatable bonds is 5. The summed E-state index contributed by atoms with van der Waals surface area (Å²) in [5, 5.41) is 15.5. The summed E-state index contributed by atoms with van der Waals surface area (Å²) in [6.45, 7) is 2.47. The number of carbonyl (C=O) groups is 1. The first kappa shape index (κ1) is 14.3. The molecule has 0 aliphatic rings. The molecule has 19 heavy (non-hydrogen) atoms. The fraction of sp³-hybridized carbons (Fsp3) is 0.357. The molecule has 1 atom stereocenters. The fourth-order valence-electron chi connectivity index (χ4n) is 1.78. The Morgan fingerprint density at radius 2 is 2.32 bits per heavy atom. The van der Waals surface area contributed by atoms with Gasteiger partial charge in [0, 0.05) is 22.9 Å². The third-order valence-electron chi connectivity index (χ3n) is 2.93. The van der Waals surface area contributed by atoms with E-state index in [-0.39, 0.29) is 18.4 Å². The van der Waals surface area contributed by atoms with Crippen molar-refractivity contribution in [3.8, 4) is 0 Å². The molecule has 5 heteroatoms. The number of aliphatic hydroxyl groups is 1. The molecule has 1 heterocycles. The Labute approximate surface area is 121 Å². The second-order valence-corrected chi connectivity index (χ2v) is 6.02. The number of fused-ring (bicyclic) bond motifs is 1. The molecule has 102 valence electrons. The number of amides is 1. The Morgan fingerprint density at radius 3 is 3.05 bits per heavy atom. The number of halogens is 1. The zero-order valence-corrected chi connectivity index (χ0v) is 12.2. The van der Waals surface area contributed by atoms with Crippen molar-refractivity contribution in [2.75, 3.05) is 13.2 Å². The van der Waals surface area contributed by atoms with Gasteiger partial charge in [-0.2, -0.15) is 0 Å². The zero-order chi connectivity index (χ0) is 13.8. The third kappa shape index (κ3) is 3.69. The first-order valence-electron chi connectivity index (χ1n) is 6.13. The molecule has 1 amide bonds. The molecule has 2 N–H and O–H groups in total. The normalized spacial score (nSPS) is 12.6. The summed E-state index contributed by atoms with van der Waals surface area (Å²) in [5.74, 6) is 0.0533. The molecule has 1 aromatic carbocycles. The van der Waals surface area contributed by atoms with Gasteiger partial charge in [-0.25, -0.2) is 0 Å². The summed E-state index contributed by atoms with van der Waals surface area (Å²) in [6.07, 6.45) is 0.346. The van der Waals surface area contributed by atoms with Crippen LogP contribution in [0.15, 0.2) is 23.6 Å². The summed E-state index contributed by atoms with van der Waals surface area (Å²) in [4.78, 5) is 11.8. The number of hydrogen-bond donors (Lipinski definition) is 2. The molecule has 0 spiro atoms. The number of benzene rings is 1. The zero-order valence-electron chi connectivity index (χ0n) is 10.6. The van der Waals surface area contributed by atoms with Crippen LogP contribution in [0.5, 0.6) is 0 Å². The third-order valence-corrected chi connectivity index (χ3v) is 4.17. The molecule has 0 unspecified atom stereocenters. The van der Waals surface area contributed by atoms with Gasteiger partial charge >= 0.3 is 0 Å². The molecular weight excluding hydrogens is 282 g/mol. The van der Waals surface area contributed by atoms with Crippen molar-refractivity contribution in [3.63, 3.8) is 0 Å². The van der Waals surface area contributed by atoms with E-state index in [1.807, 2.05) is 30.5 Å². The minimum atomic E-state index is -0.0278. The summed E-state index contributed by atoms with van der Waals surface area (Å²) in [7, 11) is 0. The first-order chi connectivity index (χ1) is 9.10. The second kappa shape index (κ2) is 6.37. The van der Waals surface area contributed by atoms with Gasteiger partial charge in [0.25, 0.3) is 0 Å².